The summed E-state index contributed by atoms with van der Waals surface area (Å²) in [5.41, 5.74) is 5.10. The van der Waals surface area contributed by atoms with Gasteiger partial charge in [-0.2, -0.15) is 5.10 Å². The number of halogens is 1. The maximum absolute atomic E-state index is 13.0. The number of primary amides is 1. The second-order valence-corrected chi connectivity index (χ2v) is 8.42. The van der Waals surface area contributed by atoms with Crippen LogP contribution < -0.4 is 11.1 Å². The molecule has 0 aliphatic heterocycles. The third-order valence-electron chi connectivity index (χ3n) is 3.40. The van der Waals surface area contributed by atoms with E-state index in [0.717, 1.165) is 30.3 Å². The van der Waals surface area contributed by atoms with Crippen LogP contribution in [0.3, 0.4) is 0 Å². The lowest BCUT2D eigenvalue weighted by Gasteiger charge is -2.03. The van der Waals surface area contributed by atoms with Crippen LogP contribution >= 0.6 is 11.3 Å². The van der Waals surface area contributed by atoms with Crippen molar-refractivity contribution in [2.24, 2.45) is 5.73 Å². The van der Waals surface area contributed by atoms with E-state index in [2.05, 4.69) is 15.5 Å². The number of benzene rings is 1. The van der Waals surface area contributed by atoms with Gasteiger partial charge in [0.2, 0.25) is 9.84 Å². The molecule has 0 spiro atoms. The summed E-state index contributed by atoms with van der Waals surface area (Å²) < 4.78 is 38.2. The number of thiophene rings is 1. The topological polar surface area (TPSA) is 132 Å². The zero-order valence-electron chi connectivity index (χ0n) is 13.4. The van der Waals surface area contributed by atoms with Crippen molar-refractivity contribution in [3.05, 3.63) is 65.7 Å². The van der Waals surface area contributed by atoms with Crippen molar-refractivity contribution < 1.29 is 22.4 Å². The van der Waals surface area contributed by atoms with Crippen LogP contribution in [0, 0.1) is 5.82 Å². The van der Waals surface area contributed by atoms with Gasteiger partial charge in [-0.05, 0) is 42.5 Å². The molecule has 0 fully saturated rings. The number of aromatic nitrogens is 2. The number of rotatable bonds is 5. The molecule has 0 atom stereocenters. The fraction of sp³-hybridized carbons (Fsp3) is 0. The monoisotopic (exact) mass is 406 g/mol. The third kappa shape index (κ3) is 3.83. The summed E-state index contributed by atoms with van der Waals surface area (Å²) in [7, 11) is -4.03. The van der Waals surface area contributed by atoms with Gasteiger partial charge in [0, 0.05) is 6.20 Å². The maximum atomic E-state index is 13.0. The summed E-state index contributed by atoms with van der Waals surface area (Å²) >= 11 is 0.654. The Hall–Kier alpha value is -3.18. The summed E-state index contributed by atoms with van der Waals surface area (Å²) in [5.74, 6) is -2.19. The van der Waals surface area contributed by atoms with Crippen molar-refractivity contribution in [2.75, 3.05) is 5.32 Å². The minimum Gasteiger partial charge on any atom is -0.366 e. The molecular formula is C16H11FN4O4S2. The molecular weight excluding hydrogens is 395 g/mol. The smallest absolute Gasteiger partial charge is 0.276 e. The number of sulfone groups is 1. The van der Waals surface area contributed by atoms with Gasteiger partial charge < -0.3 is 11.1 Å². The molecule has 0 aliphatic rings. The van der Waals surface area contributed by atoms with E-state index in [1.165, 1.54) is 18.3 Å². The predicted molar refractivity (Wildman–Crippen MR) is 94.7 cm³/mol. The number of nitrogens with zero attached hydrogens (tertiary/aromatic N) is 2. The zero-order chi connectivity index (χ0) is 19.6. The first-order chi connectivity index (χ1) is 12.8. The van der Waals surface area contributed by atoms with E-state index in [1.807, 2.05) is 0 Å². The largest absolute Gasteiger partial charge is 0.366 e. The molecule has 3 aromatic rings. The number of nitrogens with two attached hydrogens (primary N) is 1. The molecule has 27 heavy (non-hydrogen) atoms. The van der Waals surface area contributed by atoms with E-state index in [4.69, 9.17) is 5.73 Å². The molecule has 0 saturated carbocycles. The standard InChI is InChI=1S/C16H11FN4O4S2/c17-9-3-5-10(6-4-9)27(24,25)13-8-11(14(18)22)16(26-13)20-15(23)12-2-1-7-19-21-12/h1-8H,(H2,18,22)(H,20,23). The van der Waals surface area contributed by atoms with Gasteiger partial charge in [-0.3, -0.25) is 9.59 Å². The highest BCUT2D eigenvalue weighted by Crippen LogP contribution is 2.34. The Labute approximate surface area is 156 Å². The Bertz CT molecular complexity index is 1110. The van der Waals surface area contributed by atoms with Crippen LogP contribution in [0.1, 0.15) is 20.8 Å². The molecule has 3 rings (SSSR count). The molecule has 0 radical (unpaired) electrons. The average molecular weight is 406 g/mol. The Kier molecular flexibility index (Phi) is 4.97. The van der Waals surface area contributed by atoms with E-state index in [-0.39, 0.29) is 25.4 Å². The Morgan fingerprint density at radius 1 is 1.15 bits per heavy atom. The van der Waals surface area contributed by atoms with Gasteiger partial charge in [-0.1, -0.05) is 0 Å². The van der Waals surface area contributed by atoms with E-state index < -0.39 is 27.5 Å². The lowest BCUT2D eigenvalue weighted by molar-refractivity contribution is 0.100. The lowest BCUT2D eigenvalue weighted by Crippen LogP contribution is -2.17. The van der Waals surface area contributed by atoms with Crippen molar-refractivity contribution in [1.29, 1.82) is 0 Å². The Morgan fingerprint density at radius 3 is 2.44 bits per heavy atom. The molecule has 2 amide bonds. The number of carbonyl (C=O) groups is 2. The van der Waals surface area contributed by atoms with Gasteiger partial charge in [0.05, 0.1) is 10.5 Å². The Morgan fingerprint density at radius 2 is 1.85 bits per heavy atom. The van der Waals surface area contributed by atoms with Crippen molar-refractivity contribution in [3.63, 3.8) is 0 Å². The highest BCUT2D eigenvalue weighted by Gasteiger charge is 2.25. The minimum absolute atomic E-state index is 0.0238. The van der Waals surface area contributed by atoms with E-state index in [9.17, 15) is 22.4 Å². The highest BCUT2D eigenvalue weighted by molar-refractivity contribution is 7.93. The van der Waals surface area contributed by atoms with Crippen LogP contribution in [0.5, 0.6) is 0 Å². The summed E-state index contributed by atoms with van der Waals surface area (Å²) in [6, 6.07) is 8.18. The molecule has 2 heterocycles. The van der Waals surface area contributed by atoms with Gasteiger partial charge in [0.1, 0.15) is 15.0 Å². The number of hydrogen-bond acceptors (Lipinski definition) is 7. The molecule has 1 aromatic carbocycles. The van der Waals surface area contributed by atoms with Crippen LogP contribution in [0.2, 0.25) is 0 Å². The van der Waals surface area contributed by atoms with Crippen molar-refractivity contribution in [2.45, 2.75) is 9.10 Å². The molecule has 0 aliphatic carbocycles. The quantitative estimate of drug-likeness (QED) is 0.622. The molecule has 0 bridgehead atoms. The van der Waals surface area contributed by atoms with Gasteiger partial charge >= 0.3 is 0 Å². The second-order valence-electron chi connectivity index (χ2n) is 5.19. The summed E-state index contributed by atoms with van der Waals surface area (Å²) in [4.78, 5) is 23.7. The number of carbonyl (C=O) groups excluding carboxylic acids is 2. The lowest BCUT2D eigenvalue weighted by atomic mass is 10.3. The van der Waals surface area contributed by atoms with Crippen LogP contribution in [0.15, 0.2) is 57.8 Å². The highest BCUT2D eigenvalue weighted by atomic mass is 32.2. The number of amides is 2. The van der Waals surface area contributed by atoms with Gasteiger partial charge in [0.15, 0.2) is 5.69 Å². The van der Waals surface area contributed by atoms with Crippen molar-refractivity contribution >= 4 is 38.0 Å². The first kappa shape index (κ1) is 18.6. The second kappa shape index (κ2) is 7.21. The first-order valence-electron chi connectivity index (χ1n) is 7.32. The fourth-order valence-corrected chi connectivity index (χ4v) is 4.86. The molecule has 2 aromatic heterocycles. The molecule has 11 heteroatoms. The summed E-state index contributed by atoms with van der Waals surface area (Å²) in [5, 5.41) is 9.57. The SMILES string of the molecule is NC(=O)c1cc(S(=O)(=O)c2ccc(F)cc2)sc1NC(=O)c1cccnn1. The normalized spacial score (nSPS) is 11.1. The van der Waals surface area contributed by atoms with Gasteiger partial charge in [-0.15, -0.1) is 16.4 Å². The fourth-order valence-electron chi connectivity index (χ4n) is 2.10. The predicted octanol–water partition coefficient (Wildman–Crippen LogP) is 1.86. The maximum Gasteiger partial charge on any atom is 0.276 e. The van der Waals surface area contributed by atoms with Crippen LogP contribution in [-0.2, 0) is 9.84 Å². The van der Waals surface area contributed by atoms with E-state index in [0.29, 0.717) is 11.3 Å². The minimum atomic E-state index is -4.03. The summed E-state index contributed by atoms with van der Waals surface area (Å²) in [6.07, 6.45) is 1.38. The van der Waals surface area contributed by atoms with E-state index in [1.54, 1.807) is 0 Å². The van der Waals surface area contributed by atoms with E-state index >= 15 is 0 Å². The van der Waals surface area contributed by atoms with Crippen LogP contribution in [0.25, 0.3) is 0 Å². The average Bonchev–Trinajstić information content (AvgIpc) is 3.08. The first-order valence-corrected chi connectivity index (χ1v) is 9.62. The molecule has 138 valence electrons. The molecule has 8 nitrogen and oxygen atoms in total. The van der Waals surface area contributed by atoms with Gasteiger partial charge in [0.25, 0.3) is 11.8 Å². The van der Waals surface area contributed by atoms with Crippen molar-refractivity contribution in [3.8, 4) is 0 Å². The van der Waals surface area contributed by atoms with Crippen LogP contribution in [0.4, 0.5) is 9.39 Å². The van der Waals surface area contributed by atoms with Crippen LogP contribution in [-0.4, -0.2) is 30.4 Å². The molecule has 3 N–H and O–H groups in total. The summed E-state index contributed by atoms with van der Waals surface area (Å²) in [6.45, 7) is 0. The zero-order valence-corrected chi connectivity index (χ0v) is 15.1. The Balaban J connectivity index is 1.99. The molecule has 0 unspecified atom stereocenters. The van der Waals surface area contributed by atoms with Crippen molar-refractivity contribution in [1.82, 2.24) is 10.2 Å². The number of nitrogens with one attached hydrogen (secondary N) is 1. The number of anilines is 1. The molecule has 0 saturated heterocycles. The van der Waals surface area contributed by atoms with Gasteiger partial charge in [-0.25, -0.2) is 12.8 Å². The number of hydrogen-bond donors (Lipinski definition) is 2. The third-order valence-corrected chi connectivity index (χ3v) is 6.69.